The first-order valence-electron chi connectivity index (χ1n) is 6.79. The van der Waals surface area contributed by atoms with Crippen molar-refractivity contribution < 1.29 is 9.53 Å². The van der Waals surface area contributed by atoms with Crippen LogP contribution in [0.2, 0.25) is 0 Å². The minimum absolute atomic E-state index is 0.0717. The maximum absolute atomic E-state index is 11.6. The first-order valence-corrected chi connectivity index (χ1v) is 6.79. The van der Waals surface area contributed by atoms with Gasteiger partial charge in [0.1, 0.15) is 5.60 Å². The Morgan fingerprint density at radius 2 is 2.00 bits per heavy atom. The first kappa shape index (κ1) is 14.8. The van der Waals surface area contributed by atoms with E-state index in [1.165, 1.54) is 6.42 Å². The van der Waals surface area contributed by atoms with Crippen LogP contribution in [-0.2, 0) is 4.74 Å². The highest BCUT2D eigenvalue weighted by Gasteiger charge is 2.24. The van der Waals surface area contributed by atoms with E-state index < -0.39 is 5.60 Å². The summed E-state index contributed by atoms with van der Waals surface area (Å²) in [7, 11) is 0. The number of rotatable bonds is 2. The van der Waals surface area contributed by atoms with Crippen molar-refractivity contribution in [2.75, 3.05) is 6.54 Å². The highest BCUT2D eigenvalue weighted by atomic mass is 16.6. The summed E-state index contributed by atoms with van der Waals surface area (Å²) in [6.45, 7) is 6.08. The monoisotopic (exact) mass is 252 g/mol. The van der Waals surface area contributed by atoms with E-state index in [2.05, 4.69) is 11.4 Å². The molecule has 1 aliphatic rings. The van der Waals surface area contributed by atoms with Crippen molar-refractivity contribution in [2.24, 2.45) is 11.8 Å². The van der Waals surface area contributed by atoms with Crippen molar-refractivity contribution in [1.82, 2.24) is 5.32 Å². The molecule has 1 fully saturated rings. The molecule has 0 bridgehead atoms. The van der Waals surface area contributed by atoms with Gasteiger partial charge in [0, 0.05) is 6.54 Å². The summed E-state index contributed by atoms with van der Waals surface area (Å²) in [5.74, 6) is 0.340. The predicted molar refractivity (Wildman–Crippen MR) is 69.9 cm³/mol. The largest absolute Gasteiger partial charge is 0.444 e. The summed E-state index contributed by atoms with van der Waals surface area (Å²) < 4.78 is 5.20. The molecule has 1 aliphatic carbocycles. The lowest BCUT2D eigenvalue weighted by Gasteiger charge is -2.23. The van der Waals surface area contributed by atoms with E-state index in [0.29, 0.717) is 6.54 Å². The van der Waals surface area contributed by atoms with Crippen molar-refractivity contribution in [3.8, 4) is 6.07 Å². The second-order valence-corrected chi connectivity index (χ2v) is 6.02. The summed E-state index contributed by atoms with van der Waals surface area (Å²) in [4.78, 5) is 11.6. The average Bonchev–Trinajstić information content (AvgIpc) is 2.48. The summed E-state index contributed by atoms with van der Waals surface area (Å²) in [6, 6.07) is 2.37. The molecule has 0 saturated heterocycles. The van der Waals surface area contributed by atoms with Crippen LogP contribution in [0.5, 0.6) is 0 Å². The summed E-state index contributed by atoms with van der Waals surface area (Å²) in [5, 5.41) is 11.9. The van der Waals surface area contributed by atoms with Crippen LogP contribution < -0.4 is 5.32 Å². The van der Waals surface area contributed by atoms with Crippen LogP contribution in [0, 0.1) is 23.2 Å². The van der Waals surface area contributed by atoms with Crippen LogP contribution in [0.1, 0.15) is 52.9 Å². The van der Waals surface area contributed by atoms with Crippen LogP contribution in [-0.4, -0.2) is 18.2 Å². The van der Waals surface area contributed by atoms with Gasteiger partial charge in [-0.3, -0.25) is 0 Å². The lowest BCUT2D eigenvalue weighted by molar-refractivity contribution is 0.0514. The standard InChI is InChI=1S/C14H24N2O2/c1-14(2,3)18-13(17)16-10-12-8-6-4-5-7-11(12)9-15/h11-12H,4-8,10H2,1-3H3,(H,16,17)/t11-,12+/m1/s1. The minimum atomic E-state index is -0.470. The maximum Gasteiger partial charge on any atom is 0.407 e. The van der Waals surface area contributed by atoms with Gasteiger partial charge in [-0.25, -0.2) is 4.79 Å². The Hall–Kier alpha value is -1.24. The van der Waals surface area contributed by atoms with E-state index >= 15 is 0 Å². The fourth-order valence-corrected chi connectivity index (χ4v) is 2.33. The fraction of sp³-hybridized carbons (Fsp3) is 0.857. The van der Waals surface area contributed by atoms with Gasteiger partial charge in [-0.1, -0.05) is 19.3 Å². The first-order chi connectivity index (χ1) is 8.42. The van der Waals surface area contributed by atoms with Crippen LogP contribution in [0.25, 0.3) is 0 Å². The van der Waals surface area contributed by atoms with Gasteiger partial charge in [0.15, 0.2) is 0 Å². The molecule has 0 aromatic carbocycles. The number of amides is 1. The number of ether oxygens (including phenoxy) is 1. The van der Waals surface area contributed by atoms with E-state index in [9.17, 15) is 4.79 Å². The second-order valence-electron chi connectivity index (χ2n) is 6.02. The molecular formula is C14H24N2O2. The van der Waals surface area contributed by atoms with Gasteiger partial charge in [0.2, 0.25) is 0 Å². The zero-order chi connectivity index (χ0) is 13.6. The highest BCUT2D eigenvalue weighted by Crippen LogP contribution is 2.27. The van der Waals surface area contributed by atoms with Gasteiger partial charge < -0.3 is 10.1 Å². The Morgan fingerprint density at radius 1 is 1.33 bits per heavy atom. The molecule has 0 aromatic rings. The van der Waals surface area contributed by atoms with Crippen molar-refractivity contribution >= 4 is 6.09 Å². The number of nitrogens with one attached hydrogen (secondary N) is 1. The summed E-state index contributed by atoms with van der Waals surface area (Å²) in [6.07, 6.45) is 5.07. The number of alkyl carbamates (subject to hydrolysis) is 1. The Morgan fingerprint density at radius 3 is 2.61 bits per heavy atom. The van der Waals surface area contributed by atoms with E-state index in [1.807, 2.05) is 20.8 Å². The predicted octanol–water partition coefficient (Wildman–Crippen LogP) is 3.23. The van der Waals surface area contributed by atoms with E-state index in [-0.39, 0.29) is 17.9 Å². The molecule has 18 heavy (non-hydrogen) atoms. The van der Waals surface area contributed by atoms with Gasteiger partial charge in [0.25, 0.3) is 0 Å². The SMILES string of the molecule is CC(C)(C)OC(=O)NC[C@@H]1CCCCC[C@@H]1C#N. The Bertz CT molecular complexity index is 315. The minimum Gasteiger partial charge on any atom is -0.444 e. The molecule has 0 aromatic heterocycles. The van der Waals surface area contributed by atoms with Crippen LogP contribution >= 0.6 is 0 Å². The Kier molecular flexibility index (Phi) is 5.46. The third kappa shape index (κ3) is 5.39. The number of nitrogens with zero attached hydrogens (tertiary/aromatic N) is 1. The molecule has 0 radical (unpaired) electrons. The van der Waals surface area contributed by atoms with Crippen LogP contribution in [0.15, 0.2) is 0 Å². The molecule has 0 aliphatic heterocycles. The summed E-state index contributed by atoms with van der Waals surface area (Å²) in [5.41, 5.74) is -0.470. The Balaban J connectivity index is 2.41. The number of hydrogen-bond donors (Lipinski definition) is 1. The smallest absolute Gasteiger partial charge is 0.407 e. The molecule has 1 amide bonds. The Labute approximate surface area is 110 Å². The lowest BCUT2D eigenvalue weighted by atomic mass is 9.89. The molecule has 0 spiro atoms. The molecule has 1 rings (SSSR count). The maximum atomic E-state index is 11.6. The molecule has 2 atom stereocenters. The summed E-state index contributed by atoms with van der Waals surface area (Å²) >= 11 is 0. The van der Waals surface area contributed by atoms with Crippen LogP contribution in [0.3, 0.4) is 0 Å². The molecule has 4 nitrogen and oxygen atoms in total. The van der Waals surface area contributed by atoms with Gasteiger partial charge in [-0.05, 0) is 39.5 Å². The fourth-order valence-electron chi connectivity index (χ4n) is 2.33. The second kappa shape index (κ2) is 6.63. The molecule has 102 valence electrons. The number of carbonyl (C=O) groups is 1. The van der Waals surface area contributed by atoms with Crippen molar-refractivity contribution in [2.45, 2.75) is 58.5 Å². The molecule has 0 unspecified atom stereocenters. The van der Waals surface area contributed by atoms with Crippen molar-refractivity contribution in [1.29, 1.82) is 5.26 Å². The van der Waals surface area contributed by atoms with Gasteiger partial charge in [-0.15, -0.1) is 0 Å². The average molecular weight is 252 g/mol. The zero-order valence-electron chi connectivity index (χ0n) is 11.7. The van der Waals surface area contributed by atoms with Gasteiger partial charge >= 0.3 is 6.09 Å². The molecular weight excluding hydrogens is 228 g/mol. The quantitative estimate of drug-likeness (QED) is 0.767. The van der Waals surface area contributed by atoms with Crippen molar-refractivity contribution in [3.63, 3.8) is 0 Å². The molecule has 1 N–H and O–H groups in total. The highest BCUT2D eigenvalue weighted by molar-refractivity contribution is 5.67. The van der Waals surface area contributed by atoms with E-state index in [0.717, 1.165) is 25.7 Å². The molecule has 1 saturated carbocycles. The third-order valence-corrected chi connectivity index (χ3v) is 3.23. The van der Waals surface area contributed by atoms with E-state index in [1.54, 1.807) is 0 Å². The normalized spacial score (nSPS) is 24.8. The van der Waals surface area contributed by atoms with Gasteiger partial charge in [-0.2, -0.15) is 5.26 Å². The third-order valence-electron chi connectivity index (χ3n) is 3.23. The molecule has 0 heterocycles. The lowest BCUT2D eigenvalue weighted by Crippen LogP contribution is -2.36. The zero-order valence-corrected chi connectivity index (χ0v) is 11.7. The van der Waals surface area contributed by atoms with E-state index in [4.69, 9.17) is 10.00 Å². The van der Waals surface area contributed by atoms with Crippen molar-refractivity contribution in [3.05, 3.63) is 0 Å². The molecule has 4 heteroatoms. The topological polar surface area (TPSA) is 62.1 Å². The van der Waals surface area contributed by atoms with Gasteiger partial charge in [0.05, 0.1) is 12.0 Å². The number of nitriles is 1. The number of carbonyl (C=O) groups excluding carboxylic acids is 1. The van der Waals surface area contributed by atoms with Crippen LogP contribution in [0.4, 0.5) is 4.79 Å². The number of hydrogen-bond acceptors (Lipinski definition) is 3.